The molecule has 0 saturated carbocycles. The molecule has 1 amide bonds. The quantitative estimate of drug-likeness (QED) is 0.915. The molecule has 92 valence electrons. The number of carbonyl (C=O) groups is 1. The van der Waals surface area contributed by atoms with Crippen molar-refractivity contribution in [1.82, 2.24) is 0 Å². The van der Waals surface area contributed by atoms with Gasteiger partial charge in [0.2, 0.25) is 0 Å². The predicted molar refractivity (Wildman–Crippen MR) is 74.5 cm³/mol. The maximum absolute atomic E-state index is 12.1. The van der Waals surface area contributed by atoms with Gasteiger partial charge in [0.25, 0.3) is 5.91 Å². The highest BCUT2D eigenvalue weighted by molar-refractivity contribution is 9.10. The number of para-hydroxylation sites is 1. The summed E-state index contributed by atoms with van der Waals surface area (Å²) < 4.78 is 0.740. The number of aliphatic hydroxyl groups is 1. The first kappa shape index (κ1) is 12.8. The molecule has 0 saturated heterocycles. The van der Waals surface area contributed by atoms with E-state index in [1.807, 2.05) is 24.3 Å². The fraction of sp³-hybridized carbons (Fsp3) is 0.0714. The Hall–Kier alpha value is -1.65. The summed E-state index contributed by atoms with van der Waals surface area (Å²) in [6.07, 6.45) is 0. The van der Waals surface area contributed by atoms with Crippen LogP contribution in [0.25, 0.3) is 0 Å². The number of benzene rings is 2. The van der Waals surface area contributed by atoms with E-state index in [-0.39, 0.29) is 12.5 Å². The highest BCUT2D eigenvalue weighted by Crippen LogP contribution is 2.20. The number of carbonyl (C=O) groups excluding carboxylic acids is 1. The second-order valence-corrected chi connectivity index (χ2v) is 4.60. The molecular weight excluding hydrogens is 294 g/mol. The zero-order valence-electron chi connectivity index (χ0n) is 9.56. The summed E-state index contributed by atoms with van der Waals surface area (Å²) in [7, 11) is 0. The van der Waals surface area contributed by atoms with E-state index >= 15 is 0 Å². The van der Waals surface area contributed by atoms with Gasteiger partial charge in [-0.2, -0.15) is 0 Å². The van der Waals surface area contributed by atoms with Gasteiger partial charge in [0, 0.05) is 15.7 Å². The van der Waals surface area contributed by atoms with E-state index in [0.29, 0.717) is 16.8 Å². The van der Waals surface area contributed by atoms with E-state index in [1.165, 1.54) is 0 Å². The Bertz CT molecular complexity index is 569. The Morgan fingerprint density at radius 1 is 1.11 bits per heavy atom. The summed E-state index contributed by atoms with van der Waals surface area (Å²) in [5, 5.41) is 12.0. The number of nitrogens with one attached hydrogen (secondary N) is 1. The molecule has 2 rings (SSSR count). The van der Waals surface area contributed by atoms with Crippen LogP contribution >= 0.6 is 15.9 Å². The Morgan fingerprint density at radius 3 is 2.50 bits per heavy atom. The van der Waals surface area contributed by atoms with Crippen molar-refractivity contribution >= 4 is 27.5 Å². The second kappa shape index (κ2) is 5.80. The topological polar surface area (TPSA) is 49.3 Å². The fourth-order valence-electron chi connectivity index (χ4n) is 1.62. The maximum Gasteiger partial charge on any atom is 0.256 e. The lowest BCUT2D eigenvalue weighted by atomic mass is 10.1. The van der Waals surface area contributed by atoms with Crippen LogP contribution in [0.2, 0.25) is 0 Å². The largest absolute Gasteiger partial charge is 0.392 e. The van der Waals surface area contributed by atoms with Crippen molar-refractivity contribution in [2.45, 2.75) is 6.61 Å². The van der Waals surface area contributed by atoms with Crippen LogP contribution in [0.1, 0.15) is 15.9 Å². The number of halogens is 1. The average Bonchev–Trinajstić information content (AvgIpc) is 2.39. The van der Waals surface area contributed by atoms with Crippen molar-refractivity contribution in [3.05, 3.63) is 64.1 Å². The molecule has 0 atom stereocenters. The molecule has 2 aromatic carbocycles. The maximum atomic E-state index is 12.1. The summed E-state index contributed by atoms with van der Waals surface area (Å²) in [5.74, 6) is -0.205. The molecule has 0 radical (unpaired) electrons. The normalized spacial score (nSPS) is 10.1. The van der Waals surface area contributed by atoms with Gasteiger partial charge in [0.15, 0.2) is 0 Å². The molecule has 0 heterocycles. The third-order valence-corrected chi connectivity index (χ3v) is 3.25. The third-order valence-electron chi connectivity index (χ3n) is 2.55. The van der Waals surface area contributed by atoms with Gasteiger partial charge in [-0.1, -0.05) is 30.3 Å². The average molecular weight is 306 g/mol. The summed E-state index contributed by atoms with van der Waals surface area (Å²) in [5.41, 5.74) is 1.88. The van der Waals surface area contributed by atoms with E-state index < -0.39 is 0 Å². The minimum absolute atomic E-state index is 0.105. The van der Waals surface area contributed by atoms with Crippen LogP contribution in [0, 0.1) is 0 Å². The lowest BCUT2D eigenvalue weighted by Gasteiger charge is -2.10. The number of aliphatic hydroxyl groups excluding tert-OH is 1. The molecule has 2 aromatic rings. The standard InChI is InChI=1S/C14H12BrNO2/c15-12-7-3-2-6-11(12)14(18)16-13-8-4-1-5-10(13)9-17/h1-8,17H,9H2,(H,16,18). The van der Waals surface area contributed by atoms with E-state index in [4.69, 9.17) is 0 Å². The number of amides is 1. The van der Waals surface area contributed by atoms with E-state index in [9.17, 15) is 9.90 Å². The van der Waals surface area contributed by atoms with Crippen molar-refractivity contribution in [3.63, 3.8) is 0 Å². The number of rotatable bonds is 3. The smallest absolute Gasteiger partial charge is 0.256 e. The van der Waals surface area contributed by atoms with Crippen LogP contribution in [0.15, 0.2) is 53.0 Å². The molecule has 18 heavy (non-hydrogen) atoms. The first-order chi connectivity index (χ1) is 8.72. The first-order valence-electron chi connectivity index (χ1n) is 5.47. The van der Waals surface area contributed by atoms with Gasteiger partial charge < -0.3 is 10.4 Å². The van der Waals surface area contributed by atoms with Crippen LogP contribution < -0.4 is 5.32 Å². The summed E-state index contributed by atoms with van der Waals surface area (Å²) in [6.45, 7) is -0.105. The van der Waals surface area contributed by atoms with Crippen molar-refractivity contribution in [2.75, 3.05) is 5.32 Å². The van der Waals surface area contributed by atoms with Crippen LogP contribution in [0.4, 0.5) is 5.69 Å². The number of anilines is 1. The van der Waals surface area contributed by atoms with Crippen LogP contribution in [-0.2, 0) is 6.61 Å². The highest BCUT2D eigenvalue weighted by atomic mass is 79.9. The molecule has 0 spiro atoms. The number of hydrogen-bond donors (Lipinski definition) is 2. The molecule has 0 aliphatic heterocycles. The fourth-order valence-corrected chi connectivity index (χ4v) is 2.08. The zero-order chi connectivity index (χ0) is 13.0. The molecule has 0 bridgehead atoms. The van der Waals surface area contributed by atoms with Gasteiger partial charge in [-0.15, -0.1) is 0 Å². The SMILES string of the molecule is O=C(Nc1ccccc1CO)c1ccccc1Br. The lowest BCUT2D eigenvalue weighted by Crippen LogP contribution is -2.13. The number of hydrogen-bond acceptors (Lipinski definition) is 2. The lowest BCUT2D eigenvalue weighted by molar-refractivity contribution is 0.102. The predicted octanol–water partition coefficient (Wildman–Crippen LogP) is 3.19. The molecule has 3 nitrogen and oxygen atoms in total. The molecule has 0 unspecified atom stereocenters. The zero-order valence-corrected chi connectivity index (χ0v) is 11.1. The van der Waals surface area contributed by atoms with Crippen molar-refractivity contribution < 1.29 is 9.90 Å². The monoisotopic (exact) mass is 305 g/mol. The van der Waals surface area contributed by atoms with E-state index in [2.05, 4.69) is 21.2 Å². The van der Waals surface area contributed by atoms with Crippen LogP contribution in [-0.4, -0.2) is 11.0 Å². The van der Waals surface area contributed by atoms with Crippen molar-refractivity contribution in [3.8, 4) is 0 Å². The van der Waals surface area contributed by atoms with Gasteiger partial charge in [-0.3, -0.25) is 4.79 Å². The first-order valence-corrected chi connectivity index (χ1v) is 6.26. The van der Waals surface area contributed by atoms with Crippen molar-refractivity contribution in [1.29, 1.82) is 0 Å². The van der Waals surface area contributed by atoms with Crippen LogP contribution in [0.3, 0.4) is 0 Å². The van der Waals surface area contributed by atoms with Crippen LogP contribution in [0.5, 0.6) is 0 Å². The Balaban J connectivity index is 2.24. The third kappa shape index (κ3) is 2.78. The van der Waals surface area contributed by atoms with Gasteiger partial charge in [-0.05, 0) is 34.1 Å². The molecule has 4 heteroatoms. The molecule has 0 aliphatic carbocycles. The minimum atomic E-state index is -0.205. The molecule has 0 aliphatic rings. The summed E-state index contributed by atoms with van der Waals surface area (Å²) in [6, 6.07) is 14.4. The van der Waals surface area contributed by atoms with E-state index in [1.54, 1.807) is 24.3 Å². The van der Waals surface area contributed by atoms with Gasteiger partial charge in [0.1, 0.15) is 0 Å². The summed E-state index contributed by atoms with van der Waals surface area (Å²) >= 11 is 3.34. The minimum Gasteiger partial charge on any atom is -0.392 e. The Labute approximate surface area is 114 Å². The summed E-state index contributed by atoms with van der Waals surface area (Å²) in [4.78, 5) is 12.1. The molecule has 2 N–H and O–H groups in total. The Kier molecular flexibility index (Phi) is 4.12. The Morgan fingerprint density at radius 2 is 1.78 bits per heavy atom. The van der Waals surface area contributed by atoms with E-state index in [0.717, 1.165) is 4.47 Å². The van der Waals surface area contributed by atoms with Gasteiger partial charge in [-0.25, -0.2) is 0 Å². The van der Waals surface area contributed by atoms with Gasteiger partial charge >= 0.3 is 0 Å². The molecular formula is C14H12BrNO2. The molecule has 0 aromatic heterocycles. The molecule has 0 fully saturated rings. The second-order valence-electron chi connectivity index (χ2n) is 3.75. The van der Waals surface area contributed by atoms with Gasteiger partial charge in [0.05, 0.1) is 12.2 Å². The highest BCUT2D eigenvalue weighted by Gasteiger charge is 2.10. The van der Waals surface area contributed by atoms with Crippen molar-refractivity contribution in [2.24, 2.45) is 0 Å².